The minimum atomic E-state index is 0.831. The molecule has 0 atom stereocenters. The first-order valence-corrected chi connectivity index (χ1v) is 6.45. The fourth-order valence-electron chi connectivity index (χ4n) is 2.05. The molecule has 0 aromatic carbocycles. The van der Waals surface area contributed by atoms with E-state index < -0.39 is 0 Å². The third-order valence-electron chi connectivity index (χ3n) is 2.92. The number of nitrogens with one attached hydrogen (secondary N) is 1. The number of nitrogens with zero attached hydrogens (tertiary/aromatic N) is 4. The molecule has 0 fully saturated rings. The van der Waals surface area contributed by atoms with Crippen molar-refractivity contribution in [1.82, 2.24) is 24.6 Å². The number of aryl methyl sites for hydroxylation is 2. The molecule has 0 saturated heterocycles. The van der Waals surface area contributed by atoms with Crippen LogP contribution in [0, 0.1) is 0 Å². The van der Waals surface area contributed by atoms with Crippen molar-refractivity contribution in [2.45, 2.75) is 33.4 Å². The molecule has 0 bridgehead atoms. The number of rotatable bonds is 6. The maximum absolute atomic E-state index is 4.45. The van der Waals surface area contributed by atoms with Gasteiger partial charge < -0.3 is 9.88 Å². The van der Waals surface area contributed by atoms with E-state index in [0.29, 0.717) is 0 Å². The summed E-state index contributed by atoms with van der Waals surface area (Å²) in [5.41, 5.74) is 3.52. The molecule has 2 heterocycles. The molecule has 1 N–H and O–H groups in total. The van der Waals surface area contributed by atoms with E-state index in [0.717, 1.165) is 31.7 Å². The van der Waals surface area contributed by atoms with E-state index in [2.05, 4.69) is 46.2 Å². The molecule has 0 aliphatic rings. The van der Waals surface area contributed by atoms with Gasteiger partial charge in [0.2, 0.25) is 0 Å². The largest absolute Gasteiger partial charge is 0.333 e. The summed E-state index contributed by atoms with van der Waals surface area (Å²) in [4.78, 5) is 4.39. The predicted molar refractivity (Wildman–Crippen MR) is 71.3 cm³/mol. The fraction of sp³-hybridized carbons (Fsp3) is 0.538. The van der Waals surface area contributed by atoms with E-state index in [9.17, 15) is 0 Å². The predicted octanol–water partition coefficient (Wildman–Crippen LogP) is 1.34. The highest BCUT2D eigenvalue weighted by atomic mass is 15.3. The molecule has 0 aliphatic carbocycles. The second-order valence-corrected chi connectivity index (χ2v) is 4.45. The van der Waals surface area contributed by atoms with Gasteiger partial charge in [-0.25, -0.2) is 4.98 Å². The average molecular weight is 247 g/mol. The Morgan fingerprint density at radius 3 is 2.83 bits per heavy atom. The molecule has 2 aromatic heterocycles. The molecule has 0 aliphatic heterocycles. The van der Waals surface area contributed by atoms with E-state index in [1.54, 1.807) is 0 Å². The lowest BCUT2D eigenvalue weighted by atomic mass is 10.2. The summed E-state index contributed by atoms with van der Waals surface area (Å²) in [6, 6.07) is 0. The molecule has 5 nitrogen and oxygen atoms in total. The topological polar surface area (TPSA) is 47.7 Å². The van der Waals surface area contributed by atoms with Gasteiger partial charge in [0.15, 0.2) is 0 Å². The van der Waals surface area contributed by atoms with Crippen LogP contribution in [0.5, 0.6) is 0 Å². The molecule has 0 amide bonds. The van der Waals surface area contributed by atoms with E-state index >= 15 is 0 Å². The second-order valence-electron chi connectivity index (χ2n) is 4.45. The Morgan fingerprint density at radius 2 is 2.11 bits per heavy atom. The lowest BCUT2D eigenvalue weighted by Crippen LogP contribution is -2.11. The molecular weight excluding hydrogens is 226 g/mol. The highest BCUT2D eigenvalue weighted by Gasteiger charge is 2.07. The van der Waals surface area contributed by atoms with Gasteiger partial charge in [-0.05, 0) is 13.0 Å². The summed E-state index contributed by atoms with van der Waals surface area (Å²) >= 11 is 0. The van der Waals surface area contributed by atoms with Gasteiger partial charge in [-0.1, -0.05) is 13.8 Å². The molecular formula is C13H21N5. The van der Waals surface area contributed by atoms with Crippen LogP contribution < -0.4 is 5.32 Å². The molecule has 98 valence electrons. The van der Waals surface area contributed by atoms with Crippen molar-refractivity contribution in [2.24, 2.45) is 7.05 Å². The van der Waals surface area contributed by atoms with Crippen molar-refractivity contribution in [3.05, 3.63) is 35.7 Å². The summed E-state index contributed by atoms with van der Waals surface area (Å²) < 4.78 is 3.99. The standard InChI is InChI=1S/C13H21N5/c1-4-13-11(7-17(3)16-13)8-18-9-12(15-10-18)6-14-5-2/h7,9-10,14H,4-6,8H2,1-3H3. The Balaban J connectivity index is 2.06. The third-order valence-corrected chi connectivity index (χ3v) is 2.92. The van der Waals surface area contributed by atoms with Gasteiger partial charge in [0.25, 0.3) is 0 Å². The smallest absolute Gasteiger partial charge is 0.0953 e. The molecule has 2 aromatic rings. The van der Waals surface area contributed by atoms with Crippen LogP contribution in [0.2, 0.25) is 0 Å². The SMILES string of the molecule is CCNCc1cn(Cc2cn(C)nc2CC)cn1. The van der Waals surface area contributed by atoms with Crippen molar-refractivity contribution < 1.29 is 0 Å². The highest BCUT2D eigenvalue weighted by Crippen LogP contribution is 2.10. The number of aromatic nitrogens is 4. The van der Waals surface area contributed by atoms with Crippen molar-refractivity contribution in [3.8, 4) is 0 Å². The molecule has 18 heavy (non-hydrogen) atoms. The Morgan fingerprint density at radius 1 is 1.28 bits per heavy atom. The number of hydrogen-bond donors (Lipinski definition) is 1. The van der Waals surface area contributed by atoms with E-state index in [1.165, 1.54) is 11.3 Å². The lowest BCUT2D eigenvalue weighted by molar-refractivity contribution is 0.711. The van der Waals surface area contributed by atoms with Crippen molar-refractivity contribution in [3.63, 3.8) is 0 Å². The summed E-state index contributed by atoms with van der Waals surface area (Å²) in [6.07, 6.45) is 7.03. The number of hydrogen-bond acceptors (Lipinski definition) is 3. The Labute approximate surface area is 108 Å². The van der Waals surface area contributed by atoms with Gasteiger partial charge in [0.05, 0.1) is 24.3 Å². The Hall–Kier alpha value is -1.62. The Kier molecular flexibility index (Phi) is 4.15. The normalized spacial score (nSPS) is 11.1. The monoisotopic (exact) mass is 247 g/mol. The maximum atomic E-state index is 4.45. The zero-order valence-electron chi connectivity index (χ0n) is 11.3. The maximum Gasteiger partial charge on any atom is 0.0953 e. The molecule has 0 saturated carbocycles. The fourth-order valence-corrected chi connectivity index (χ4v) is 2.05. The zero-order chi connectivity index (χ0) is 13.0. The molecule has 0 unspecified atom stereocenters. The third kappa shape index (κ3) is 2.98. The van der Waals surface area contributed by atoms with Gasteiger partial charge >= 0.3 is 0 Å². The minimum Gasteiger partial charge on any atom is -0.333 e. The summed E-state index contributed by atoms with van der Waals surface area (Å²) in [5, 5.41) is 7.73. The van der Waals surface area contributed by atoms with Crippen LogP contribution >= 0.6 is 0 Å². The van der Waals surface area contributed by atoms with Crippen LogP contribution in [0.1, 0.15) is 30.8 Å². The van der Waals surface area contributed by atoms with Crippen LogP contribution in [-0.4, -0.2) is 25.9 Å². The molecule has 5 heteroatoms. The quantitative estimate of drug-likeness (QED) is 0.838. The molecule has 2 rings (SSSR count). The molecule has 0 spiro atoms. The first-order chi connectivity index (χ1) is 8.72. The van der Waals surface area contributed by atoms with Crippen molar-refractivity contribution in [1.29, 1.82) is 0 Å². The van der Waals surface area contributed by atoms with Gasteiger partial charge in [-0.15, -0.1) is 0 Å². The van der Waals surface area contributed by atoms with Crippen LogP contribution in [0.25, 0.3) is 0 Å². The van der Waals surface area contributed by atoms with Crippen molar-refractivity contribution in [2.75, 3.05) is 6.54 Å². The average Bonchev–Trinajstić information content (AvgIpc) is 2.94. The summed E-state index contributed by atoms with van der Waals surface area (Å²) in [5.74, 6) is 0. The van der Waals surface area contributed by atoms with E-state index in [4.69, 9.17) is 0 Å². The first kappa shape index (κ1) is 12.8. The van der Waals surface area contributed by atoms with E-state index in [1.807, 2.05) is 18.1 Å². The lowest BCUT2D eigenvalue weighted by Gasteiger charge is -2.01. The Bertz CT molecular complexity index is 497. The van der Waals surface area contributed by atoms with Gasteiger partial charge in [-0.2, -0.15) is 5.10 Å². The minimum absolute atomic E-state index is 0.831. The van der Waals surface area contributed by atoms with Crippen LogP contribution in [0.4, 0.5) is 0 Å². The molecule has 0 radical (unpaired) electrons. The van der Waals surface area contributed by atoms with Crippen molar-refractivity contribution >= 4 is 0 Å². The van der Waals surface area contributed by atoms with Gasteiger partial charge in [0.1, 0.15) is 0 Å². The first-order valence-electron chi connectivity index (χ1n) is 6.45. The summed E-state index contributed by atoms with van der Waals surface area (Å²) in [7, 11) is 1.97. The number of imidazole rings is 1. The van der Waals surface area contributed by atoms with Crippen LogP contribution in [0.3, 0.4) is 0 Å². The van der Waals surface area contributed by atoms with Gasteiger partial charge in [0, 0.05) is 31.5 Å². The zero-order valence-corrected chi connectivity index (χ0v) is 11.3. The summed E-state index contributed by atoms with van der Waals surface area (Å²) in [6.45, 7) is 6.87. The van der Waals surface area contributed by atoms with Gasteiger partial charge in [-0.3, -0.25) is 4.68 Å². The second kappa shape index (κ2) is 5.82. The highest BCUT2D eigenvalue weighted by molar-refractivity contribution is 5.17. The van der Waals surface area contributed by atoms with Crippen LogP contribution in [-0.2, 0) is 26.6 Å². The van der Waals surface area contributed by atoms with Crippen LogP contribution in [0.15, 0.2) is 18.7 Å². The van der Waals surface area contributed by atoms with E-state index in [-0.39, 0.29) is 0 Å².